The van der Waals surface area contributed by atoms with Gasteiger partial charge in [-0.25, -0.2) is 4.39 Å². The van der Waals surface area contributed by atoms with E-state index in [0.29, 0.717) is 6.61 Å². The van der Waals surface area contributed by atoms with Crippen LogP contribution in [0.5, 0.6) is 5.75 Å². The summed E-state index contributed by atoms with van der Waals surface area (Å²) < 4.78 is 21.3. The van der Waals surface area contributed by atoms with Crippen molar-refractivity contribution < 1.29 is 9.13 Å². The molecule has 3 aromatic rings. The number of hydrogen-bond donors (Lipinski definition) is 0. The Bertz CT molecular complexity index is 1050. The van der Waals surface area contributed by atoms with Crippen LogP contribution in [0.4, 0.5) is 4.39 Å². The van der Waals surface area contributed by atoms with E-state index in [0.717, 1.165) is 54.2 Å². The molecule has 0 bridgehead atoms. The Kier molecular flexibility index (Phi) is 7.06. The monoisotopic (exact) mass is 416 g/mol. The zero-order valence-electron chi connectivity index (χ0n) is 18.6. The summed E-state index contributed by atoms with van der Waals surface area (Å²) in [5.41, 5.74) is 4.83. The summed E-state index contributed by atoms with van der Waals surface area (Å²) in [6.45, 7) is 6.61. The van der Waals surface area contributed by atoms with Gasteiger partial charge in [-0.2, -0.15) is 0 Å². The molecule has 0 radical (unpaired) electrons. The molecule has 1 aliphatic rings. The van der Waals surface area contributed by atoms with Crippen LogP contribution in [0.1, 0.15) is 67.2 Å². The highest BCUT2D eigenvalue weighted by molar-refractivity contribution is 5.84. The lowest BCUT2D eigenvalue weighted by molar-refractivity contribution is 0.324. The van der Waals surface area contributed by atoms with E-state index in [1.165, 1.54) is 36.0 Å². The van der Waals surface area contributed by atoms with Crippen LogP contribution in [0.2, 0.25) is 0 Å². The van der Waals surface area contributed by atoms with Gasteiger partial charge in [-0.3, -0.25) is 0 Å². The Morgan fingerprint density at radius 3 is 2.81 bits per heavy atom. The Hall–Kier alpha value is -2.61. The number of benzene rings is 3. The van der Waals surface area contributed by atoms with E-state index in [9.17, 15) is 0 Å². The lowest BCUT2D eigenvalue weighted by Crippen LogP contribution is -2.14. The number of ether oxygens (including phenoxy) is 1. The number of halogens is 1. The standard InChI is InChI=1S/C29H33FO/c1-3-5-7-8-21-9-15-27-24(18-21)13-16-28(29(27)30)25-11-10-23-20-26(31-17-6-4-2)14-12-22(23)19-25/h4,9,12-16,18,20,25H,2-3,5-8,10-11,17,19H2,1H3. The predicted octanol–water partition coefficient (Wildman–Crippen LogP) is 7.94. The van der Waals surface area contributed by atoms with Crippen LogP contribution in [0, 0.1) is 5.82 Å². The topological polar surface area (TPSA) is 9.23 Å². The van der Waals surface area contributed by atoms with Gasteiger partial charge in [0.2, 0.25) is 0 Å². The van der Waals surface area contributed by atoms with Crippen molar-refractivity contribution in [2.75, 3.05) is 6.61 Å². The molecule has 0 heterocycles. The molecule has 0 amide bonds. The molecule has 1 aliphatic carbocycles. The normalized spacial score (nSPS) is 15.6. The second-order valence-electron chi connectivity index (χ2n) is 8.78. The third-order valence-corrected chi connectivity index (χ3v) is 6.55. The minimum Gasteiger partial charge on any atom is -0.493 e. The average Bonchev–Trinajstić information content (AvgIpc) is 2.79. The minimum atomic E-state index is -0.0320. The molecule has 1 atom stereocenters. The number of rotatable bonds is 9. The predicted molar refractivity (Wildman–Crippen MR) is 129 cm³/mol. The Labute approximate surface area is 185 Å². The molecule has 0 saturated heterocycles. The molecule has 1 unspecified atom stereocenters. The molecule has 0 saturated carbocycles. The smallest absolute Gasteiger partial charge is 0.134 e. The van der Waals surface area contributed by atoms with E-state index in [1.807, 2.05) is 24.3 Å². The maximum Gasteiger partial charge on any atom is 0.134 e. The van der Waals surface area contributed by atoms with Gasteiger partial charge in [0.05, 0.1) is 6.61 Å². The van der Waals surface area contributed by atoms with Crippen LogP contribution < -0.4 is 4.74 Å². The first-order valence-corrected chi connectivity index (χ1v) is 11.8. The maximum absolute atomic E-state index is 15.5. The van der Waals surface area contributed by atoms with Crippen molar-refractivity contribution in [2.24, 2.45) is 0 Å². The van der Waals surface area contributed by atoms with Crippen LogP contribution in [0.15, 0.2) is 61.2 Å². The van der Waals surface area contributed by atoms with E-state index in [1.54, 1.807) is 0 Å². The second-order valence-corrected chi connectivity index (χ2v) is 8.78. The number of fused-ring (bicyclic) bond motifs is 2. The van der Waals surface area contributed by atoms with Crippen molar-refractivity contribution in [3.8, 4) is 5.75 Å². The molecule has 1 nitrogen and oxygen atoms in total. The summed E-state index contributed by atoms with van der Waals surface area (Å²) in [4.78, 5) is 0. The van der Waals surface area contributed by atoms with Gasteiger partial charge >= 0.3 is 0 Å². The fraction of sp³-hybridized carbons (Fsp3) is 0.379. The van der Waals surface area contributed by atoms with Crippen LogP contribution in [0.25, 0.3) is 10.8 Å². The van der Waals surface area contributed by atoms with Crippen molar-refractivity contribution in [3.05, 3.63) is 89.3 Å². The quantitative estimate of drug-likeness (QED) is 0.254. The van der Waals surface area contributed by atoms with E-state index >= 15 is 4.39 Å². The molecule has 0 spiro atoms. The van der Waals surface area contributed by atoms with Crippen LogP contribution in [-0.2, 0) is 19.3 Å². The van der Waals surface area contributed by atoms with Gasteiger partial charge < -0.3 is 4.74 Å². The summed E-state index contributed by atoms with van der Waals surface area (Å²) in [6, 6.07) is 16.8. The fourth-order valence-electron chi connectivity index (χ4n) is 4.75. The first-order chi connectivity index (χ1) is 15.2. The molecule has 31 heavy (non-hydrogen) atoms. The lowest BCUT2D eigenvalue weighted by Gasteiger charge is -2.26. The van der Waals surface area contributed by atoms with Gasteiger partial charge in [0.15, 0.2) is 0 Å². The van der Waals surface area contributed by atoms with Gasteiger partial charge in [0.1, 0.15) is 11.6 Å². The van der Waals surface area contributed by atoms with Gasteiger partial charge in [-0.05, 0) is 84.2 Å². The first-order valence-electron chi connectivity index (χ1n) is 11.8. The van der Waals surface area contributed by atoms with Crippen molar-refractivity contribution in [1.82, 2.24) is 0 Å². The van der Waals surface area contributed by atoms with Crippen molar-refractivity contribution in [1.29, 1.82) is 0 Å². The Balaban J connectivity index is 1.51. The van der Waals surface area contributed by atoms with Gasteiger partial charge in [-0.1, -0.05) is 62.2 Å². The maximum atomic E-state index is 15.5. The average molecular weight is 417 g/mol. The summed E-state index contributed by atoms with van der Waals surface area (Å²) in [5.74, 6) is 1.12. The highest BCUT2D eigenvalue weighted by atomic mass is 19.1. The van der Waals surface area contributed by atoms with Crippen LogP contribution in [-0.4, -0.2) is 6.61 Å². The molecule has 4 rings (SSSR count). The largest absolute Gasteiger partial charge is 0.493 e. The van der Waals surface area contributed by atoms with Crippen molar-refractivity contribution in [3.63, 3.8) is 0 Å². The molecule has 0 aliphatic heterocycles. The molecular formula is C29H33FO. The highest BCUT2D eigenvalue weighted by Gasteiger charge is 2.24. The van der Waals surface area contributed by atoms with Gasteiger partial charge in [0.25, 0.3) is 0 Å². The summed E-state index contributed by atoms with van der Waals surface area (Å²) in [6.07, 6.45) is 10.3. The number of hydrogen-bond acceptors (Lipinski definition) is 1. The van der Waals surface area contributed by atoms with Crippen LogP contribution >= 0.6 is 0 Å². The Morgan fingerprint density at radius 1 is 1.06 bits per heavy atom. The van der Waals surface area contributed by atoms with Crippen LogP contribution in [0.3, 0.4) is 0 Å². The third-order valence-electron chi connectivity index (χ3n) is 6.55. The van der Waals surface area contributed by atoms with Gasteiger partial charge in [0, 0.05) is 5.39 Å². The minimum absolute atomic E-state index is 0.0320. The van der Waals surface area contributed by atoms with Crippen molar-refractivity contribution in [2.45, 2.75) is 64.2 Å². The summed E-state index contributed by atoms with van der Waals surface area (Å²) >= 11 is 0. The molecule has 3 aromatic carbocycles. The Morgan fingerprint density at radius 2 is 1.97 bits per heavy atom. The van der Waals surface area contributed by atoms with E-state index in [-0.39, 0.29) is 11.7 Å². The summed E-state index contributed by atoms with van der Waals surface area (Å²) in [5, 5.41) is 1.78. The molecule has 0 aromatic heterocycles. The summed E-state index contributed by atoms with van der Waals surface area (Å²) in [7, 11) is 0. The number of aryl methyl sites for hydroxylation is 2. The zero-order chi connectivity index (χ0) is 21.6. The fourth-order valence-corrected chi connectivity index (χ4v) is 4.75. The zero-order valence-corrected chi connectivity index (χ0v) is 18.6. The molecule has 0 N–H and O–H groups in total. The third kappa shape index (κ3) is 5.01. The second kappa shape index (κ2) is 10.1. The van der Waals surface area contributed by atoms with Crippen molar-refractivity contribution >= 4 is 10.8 Å². The molecular weight excluding hydrogens is 383 g/mol. The molecule has 2 heteroatoms. The molecule has 162 valence electrons. The van der Waals surface area contributed by atoms with Gasteiger partial charge in [-0.15, -0.1) is 6.58 Å². The lowest BCUT2D eigenvalue weighted by atomic mass is 9.79. The first kappa shape index (κ1) is 21.6. The highest BCUT2D eigenvalue weighted by Crippen LogP contribution is 2.37. The van der Waals surface area contributed by atoms with E-state index < -0.39 is 0 Å². The number of unbranched alkanes of at least 4 members (excludes halogenated alkanes) is 2. The van der Waals surface area contributed by atoms with E-state index in [4.69, 9.17) is 4.74 Å². The molecule has 0 fully saturated rings. The SMILES string of the molecule is C=CCCOc1ccc2c(c1)CCC(c1ccc3cc(CCCCC)ccc3c1F)C2. The van der Waals surface area contributed by atoms with E-state index in [2.05, 4.69) is 43.8 Å².